The molecular formula is C16H21N3S. The summed E-state index contributed by atoms with van der Waals surface area (Å²) in [7, 11) is 2.02. The summed E-state index contributed by atoms with van der Waals surface area (Å²) in [5, 5.41) is 5.54. The van der Waals surface area contributed by atoms with Crippen molar-refractivity contribution in [2.45, 2.75) is 25.8 Å². The zero-order chi connectivity index (χ0) is 13.9. The van der Waals surface area contributed by atoms with Crippen LogP contribution in [0.2, 0.25) is 0 Å². The Kier molecular flexibility index (Phi) is 4.03. The topological polar surface area (TPSA) is 28.2 Å². The Bertz CT molecular complexity index is 579. The van der Waals surface area contributed by atoms with Crippen molar-refractivity contribution in [2.75, 3.05) is 25.0 Å². The Morgan fingerprint density at radius 1 is 1.50 bits per heavy atom. The molecule has 0 bridgehead atoms. The van der Waals surface area contributed by atoms with Crippen molar-refractivity contribution in [3.63, 3.8) is 0 Å². The predicted octanol–water partition coefficient (Wildman–Crippen LogP) is 3.16. The first-order valence-electron chi connectivity index (χ1n) is 7.20. The van der Waals surface area contributed by atoms with E-state index in [4.69, 9.17) is 0 Å². The molecule has 0 saturated carbocycles. The Labute approximate surface area is 124 Å². The van der Waals surface area contributed by atoms with Crippen molar-refractivity contribution in [3.8, 4) is 0 Å². The summed E-state index contributed by atoms with van der Waals surface area (Å²) in [6, 6.07) is 7.06. The molecule has 20 heavy (non-hydrogen) atoms. The van der Waals surface area contributed by atoms with Gasteiger partial charge in [0.2, 0.25) is 0 Å². The minimum atomic E-state index is 0.464. The van der Waals surface area contributed by atoms with Gasteiger partial charge in [0.05, 0.1) is 17.4 Å². The minimum absolute atomic E-state index is 0.464. The number of fused-ring (bicyclic) bond motifs is 1. The Balaban J connectivity index is 1.90. The van der Waals surface area contributed by atoms with Gasteiger partial charge < -0.3 is 10.2 Å². The molecule has 0 fully saturated rings. The molecule has 2 aromatic rings. The highest BCUT2D eigenvalue weighted by Crippen LogP contribution is 2.37. The van der Waals surface area contributed by atoms with Crippen molar-refractivity contribution in [2.24, 2.45) is 0 Å². The number of pyridine rings is 1. The van der Waals surface area contributed by atoms with Crippen LogP contribution in [-0.4, -0.2) is 25.1 Å². The van der Waals surface area contributed by atoms with E-state index in [1.165, 1.54) is 21.8 Å². The fourth-order valence-corrected chi connectivity index (χ4v) is 3.96. The lowest BCUT2D eigenvalue weighted by molar-refractivity contribution is 0.576. The Morgan fingerprint density at radius 2 is 2.40 bits per heavy atom. The fourth-order valence-electron chi connectivity index (χ4n) is 2.92. The number of nitrogens with one attached hydrogen (secondary N) is 1. The van der Waals surface area contributed by atoms with Gasteiger partial charge in [-0.05, 0) is 56.1 Å². The zero-order valence-electron chi connectivity index (χ0n) is 12.1. The summed E-state index contributed by atoms with van der Waals surface area (Å²) in [5.41, 5.74) is 3.93. The molecule has 0 saturated heterocycles. The zero-order valence-corrected chi connectivity index (χ0v) is 12.9. The summed E-state index contributed by atoms with van der Waals surface area (Å²) in [6.07, 6.45) is 4.10. The van der Waals surface area contributed by atoms with Gasteiger partial charge in [0.25, 0.3) is 0 Å². The lowest BCUT2D eigenvalue weighted by Gasteiger charge is -2.29. The van der Waals surface area contributed by atoms with E-state index in [0.717, 1.165) is 25.9 Å². The van der Waals surface area contributed by atoms with Crippen LogP contribution in [0.25, 0.3) is 0 Å². The van der Waals surface area contributed by atoms with Gasteiger partial charge in [-0.3, -0.25) is 4.98 Å². The third-order valence-corrected chi connectivity index (χ3v) is 5.04. The molecule has 0 aliphatic carbocycles. The lowest BCUT2D eigenvalue weighted by atomic mass is 10.1. The molecule has 0 radical (unpaired) electrons. The maximum absolute atomic E-state index is 4.52. The third-order valence-electron chi connectivity index (χ3n) is 3.89. The number of hydrogen-bond acceptors (Lipinski definition) is 4. The molecule has 0 aromatic carbocycles. The second-order valence-electron chi connectivity index (χ2n) is 5.35. The average Bonchev–Trinajstić information content (AvgIpc) is 3.07. The van der Waals surface area contributed by atoms with Crippen molar-refractivity contribution in [1.82, 2.24) is 10.3 Å². The van der Waals surface area contributed by atoms with Gasteiger partial charge in [0, 0.05) is 24.0 Å². The molecule has 3 heterocycles. The molecule has 2 aromatic heterocycles. The van der Waals surface area contributed by atoms with E-state index in [-0.39, 0.29) is 0 Å². The van der Waals surface area contributed by atoms with Gasteiger partial charge in [-0.25, -0.2) is 0 Å². The van der Waals surface area contributed by atoms with Gasteiger partial charge >= 0.3 is 0 Å². The van der Waals surface area contributed by atoms with Gasteiger partial charge in [0.1, 0.15) is 0 Å². The number of aromatic nitrogens is 1. The second-order valence-corrected chi connectivity index (χ2v) is 6.29. The summed E-state index contributed by atoms with van der Waals surface area (Å²) >= 11 is 1.88. The molecule has 3 nitrogen and oxygen atoms in total. The quantitative estimate of drug-likeness (QED) is 0.915. The van der Waals surface area contributed by atoms with Gasteiger partial charge in [-0.15, -0.1) is 11.3 Å². The first-order valence-corrected chi connectivity index (χ1v) is 8.07. The standard InChI is InChI=1S/C16H21N3S/c1-12-10-16(20-11-12)15(5-8-17-2)19-9-6-13-14(19)4-3-7-18-13/h3-4,7,10-11,15,17H,5-6,8-9H2,1-2H3. The Morgan fingerprint density at radius 3 is 3.15 bits per heavy atom. The molecule has 0 spiro atoms. The molecular weight excluding hydrogens is 266 g/mol. The van der Waals surface area contributed by atoms with E-state index in [2.05, 4.69) is 39.6 Å². The summed E-state index contributed by atoms with van der Waals surface area (Å²) in [5.74, 6) is 0. The van der Waals surface area contributed by atoms with E-state index in [1.54, 1.807) is 0 Å². The van der Waals surface area contributed by atoms with Gasteiger partial charge in [-0.2, -0.15) is 0 Å². The van der Waals surface area contributed by atoms with Crippen LogP contribution in [0, 0.1) is 6.92 Å². The largest absolute Gasteiger partial charge is 0.362 e. The molecule has 0 amide bonds. The first-order chi connectivity index (χ1) is 9.79. The number of hydrogen-bond donors (Lipinski definition) is 1. The van der Waals surface area contributed by atoms with Crippen LogP contribution < -0.4 is 10.2 Å². The number of thiophene rings is 1. The summed E-state index contributed by atoms with van der Waals surface area (Å²) in [4.78, 5) is 8.52. The fraction of sp³-hybridized carbons (Fsp3) is 0.438. The van der Waals surface area contributed by atoms with Crippen LogP contribution >= 0.6 is 11.3 Å². The van der Waals surface area contributed by atoms with Crippen LogP contribution in [0.3, 0.4) is 0 Å². The number of rotatable bonds is 5. The van der Waals surface area contributed by atoms with E-state index >= 15 is 0 Å². The molecule has 1 atom stereocenters. The normalized spacial score (nSPS) is 15.4. The molecule has 1 unspecified atom stereocenters. The lowest BCUT2D eigenvalue weighted by Crippen LogP contribution is -2.28. The van der Waals surface area contributed by atoms with Crippen molar-refractivity contribution in [1.29, 1.82) is 0 Å². The number of anilines is 1. The highest BCUT2D eigenvalue weighted by atomic mass is 32.1. The molecule has 1 aliphatic heterocycles. The summed E-state index contributed by atoms with van der Waals surface area (Å²) < 4.78 is 0. The van der Waals surface area contributed by atoms with E-state index in [1.807, 2.05) is 30.6 Å². The third kappa shape index (κ3) is 2.58. The van der Waals surface area contributed by atoms with Crippen molar-refractivity contribution in [3.05, 3.63) is 45.9 Å². The maximum Gasteiger partial charge on any atom is 0.0654 e. The predicted molar refractivity (Wildman–Crippen MR) is 85.6 cm³/mol. The summed E-state index contributed by atoms with van der Waals surface area (Å²) in [6.45, 7) is 4.29. The van der Waals surface area contributed by atoms with Crippen LogP contribution in [0.15, 0.2) is 29.8 Å². The smallest absolute Gasteiger partial charge is 0.0654 e. The monoisotopic (exact) mass is 287 g/mol. The average molecular weight is 287 g/mol. The van der Waals surface area contributed by atoms with Crippen LogP contribution in [0.5, 0.6) is 0 Å². The maximum atomic E-state index is 4.52. The van der Waals surface area contributed by atoms with Crippen LogP contribution in [0.1, 0.15) is 28.6 Å². The SMILES string of the molecule is CNCCC(c1cc(C)cs1)N1CCc2ncccc21. The highest BCUT2D eigenvalue weighted by Gasteiger charge is 2.28. The molecule has 1 N–H and O–H groups in total. The second kappa shape index (κ2) is 5.94. The first kappa shape index (κ1) is 13.6. The minimum Gasteiger partial charge on any atom is -0.362 e. The number of nitrogens with zero attached hydrogens (tertiary/aromatic N) is 2. The van der Waals surface area contributed by atoms with E-state index < -0.39 is 0 Å². The molecule has 3 rings (SSSR count). The number of aryl methyl sites for hydroxylation is 1. The van der Waals surface area contributed by atoms with Crippen molar-refractivity contribution < 1.29 is 0 Å². The van der Waals surface area contributed by atoms with E-state index in [0.29, 0.717) is 6.04 Å². The van der Waals surface area contributed by atoms with Gasteiger partial charge in [-0.1, -0.05) is 0 Å². The van der Waals surface area contributed by atoms with Crippen molar-refractivity contribution >= 4 is 17.0 Å². The van der Waals surface area contributed by atoms with Crippen LogP contribution in [-0.2, 0) is 6.42 Å². The molecule has 1 aliphatic rings. The van der Waals surface area contributed by atoms with Gasteiger partial charge in [0.15, 0.2) is 0 Å². The highest BCUT2D eigenvalue weighted by molar-refractivity contribution is 7.10. The Hall–Kier alpha value is -1.39. The molecule has 4 heteroatoms. The van der Waals surface area contributed by atoms with E-state index in [9.17, 15) is 0 Å². The molecule has 106 valence electrons. The van der Waals surface area contributed by atoms with Crippen LogP contribution in [0.4, 0.5) is 5.69 Å².